The van der Waals surface area contributed by atoms with E-state index in [0.29, 0.717) is 12.1 Å². The maximum Gasteiger partial charge on any atom is 0.416 e. The average Bonchev–Trinajstić information content (AvgIpc) is 3.08. The van der Waals surface area contributed by atoms with E-state index in [-0.39, 0.29) is 5.69 Å². The third-order valence-electron chi connectivity index (χ3n) is 3.59. The van der Waals surface area contributed by atoms with Gasteiger partial charge in [-0.15, -0.1) is 0 Å². The summed E-state index contributed by atoms with van der Waals surface area (Å²) in [4.78, 5) is 16.1. The number of halogens is 3. The van der Waals surface area contributed by atoms with Crippen molar-refractivity contribution in [2.45, 2.75) is 12.7 Å². The first-order chi connectivity index (χ1) is 11.9. The Morgan fingerprint density at radius 3 is 2.52 bits per heavy atom. The molecule has 0 atom stereocenters. The molecule has 0 radical (unpaired) electrons. The molecule has 1 heterocycles. The molecule has 1 amide bonds. The van der Waals surface area contributed by atoms with Gasteiger partial charge < -0.3 is 9.88 Å². The molecule has 3 rings (SSSR count). The molecule has 1 aromatic heterocycles. The van der Waals surface area contributed by atoms with Gasteiger partial charge in [0.1, 0.15) is 0 Å². The predicted octanol–water partition coefficient (Wildman–Crippen LogP) is 4.20. The van der Waals surface area contributed by atoms with Crippen molar-refractivity contribution in [1.82, 2.24) is 9.55 Å². The molecule has 1 N–H and O–H groups in total. The van der Waals surface area contributed by atoms with Crippen LogP contribution in [0.2, 0.25) is 0 Å². The molecular weight excluding hydrogens is 331 g/mol. The summed E-state index contributed by atoms with van der Waals surface area (Å²) in [5, 5.41) is 2.48. The zero-order valence-electron chi connectivity index (χ0n) is 13.0. The molecule has 7 heteroatoms. The fourth-order valence-corrected chi connectivity index (χ4v) is 2.33. The average molecular weight is 345 g/mol. The number of hydrogen-bond donors (Lipinski definition) is 1. The Balaban J connectivity index is 1.69. The summed E-state index contributed by atoms with van der Waals surface area (Å²) in [6.07, 6.45) is 0.745. The van der Waals surface area contributed by atoms with Gasteiger partial charge in [0.15, 0.2) is 0 Å². The minimum atomic E-state index is -4.45. The van der Waals surface area contributed by atoms with E-state index in [9.17, 15) is 18.0 Å². The van der Waals surface area contributed by atoms with Crippen LogP contribution < -0.4 is 5.32 Å². The second-order valence-electron chi connectivity index (χ2n) is 5.46. The first kappa shape index (κ1) is 16.8. The summed E-state index contributed by atoms with van der Waals surface area (Å²) >= 11 is 0. The summed E-state index contributed by atoms with van der Waals surface area (Å²) in [5.74, 6) is -0.464. The van der Waals surface area contributed by atoms with E-state index < -0.39 is 17.6 Å². The molecule has 25 heavy (non-hydrogen) atoms. The zero-order valence-corrected chi connectivity index (χ0v) is 13.0. The summed E-state index contributed by atoms with van der Waals surface area (Å²) in [7, 11) is 0. The van der Waals surface area contributed by atoms with Gasteiger partial charge in [-0.1, -0.05) is 18.2 Å². The second-order valence-corrected chi connectivity index (χ2v) is 5.46. The quantitative estimate of drug-likeness (QED) is 0.770. The van der Waals surface area contributed by atoms with Gasteiger partial charge in [-0.05, 0) is 35.9 Å². The van der Waals surface area contributed by atoms with Crippen molar-refractivity contribution in [2.75, 3.05) is 5.32 Å². The molecule has 0 aliphatic heterocycles. The third kappa shape index (κ3) is 4.26. The Hall–Kier alpha value is -3.09. The Bertz CT molecular complexity index is 856. The number of nitrogens with one attached hydrogen (secondary N) is 1. The lowest BCUT2D eigenvalue weighted by Gasteiger charge is -2.10. The van der Waals surface area contributed by atoms with E-state index in [1.165, 1.54) is 12.1 Å². The molecule has 128 valence electrons. The van der Waals surface area contributed by atoms with Crippen LogP contribution in [0.25, 0.3) is 0 Å². The van der Waals surface area contributed by atoms with Crippen LogP contribution in [-0.4, -0.2) is 15.5 Å². The molecule has 0 bridgehead atoms. The van der Waals surface area contributed by atoms with Crippen molar-refractivity contribution in [1.29, 1.82) is 0 Å². The maximum atomic E-state index is 12.7. The highest BCUT2D eigenvalue weighted by Crippen LogP contribution is 2.30. The van der Waals surface area contributed by atoms with Crippen LogP contribution in [0.5, 0.6) is 0 Å². The third-order valence-corrected chi connectivity index (χ3v) is 3.59. The normalized spacial score (nSPS) is 11.3. The van der Waals surface area contributed by atoms with Crippen LogP contribution in [-0.2, 0) is 12.7 Å². The zero-order chi connectivity index (χ0) is 17.9. The molecule has 4 nitrogen and oxygen atoms in total. The largest absolute Gasteiger partial charge is 0.416 e. The van der Waals surface area contributed by atoms with Gasteiger partial charge in [0, 0.05) is 30.2 Å². The summed E-state index contributed by atoms with van der Waals surface area (Å²) in [6.45, 7) is 0.621. The molecule has 0 fully saturated rings. The van der Waals surface area contributed by atoms with E-state index >= 15 is 0 Å². The number of carbonyl (C=O) groups excluding carboxylic acids is 1. The molecule has 0 unspecified atom stereocenters. The van der Waals surface area contributed by atoms with Crippen LogP contribution in [0.15, 0.2) is 67.3 Å². The first-order valence-electron chi connectivity index (χ1n) is 7.45. The lowest BCUT2D eigenvalue weighted by Crippen LogP contribution is -2.13. The minimum Gasteiger partial charge on any atom is -0.333 e. The fraction of sp³-hybridized carbons (Fsp3) is 0.111. The molecule has 0 spiro atoms. The Morgan fingerprint density at radius 2 is 1.88 bits per heavy atom. The minimum absolute atomic E-state index is 0.0994. The van der Waals surface area contributed by atoms with Gasteiger partial charge in [0.05, 0.1) is 11.9 Å². The number of nitrogens with zero attached hydrogens (tertiary/aromatic N) is 2. The molecule has 0 aliphatic carbocycles. The van der Waals surface area contributed by atoms with Crippen LogP contribution in [0.4, 0.5) is 18.9 Å². The van der Waals surface area contributed by atoms with E-state index in [4.69, 9.17) is 0 Å². The number of aromatic nitrogens is 2. The van der Waals surface area contributed by atoms with Crippen LogP contribution in [0, 0.1) is 0 Å². The summed E-state index contributed by atoms with van der Waals surface area (Å²) in [6, 6.07) is 11.4. The topological polar surface area (TPSA) is 46.9 Å². The number of carbonyl (C=O) groups is 1. The van der Waals surface area contributed by atoms with Crippen molar-refractivity contribution < 1.29 is 18.0 Å². The number of benzene rings is 2. The van der Waals surface area contributed by atoms with E-state index in [2.05, 4.69) is 10.3 Å². The van der Waals surface area contributed by atoms with Crippen LogP contribution >= 0.6 is 0 Å². The molecule has 0 saturated carbocycles. The SMILES string of the molecule is O=C(Nc1cccc(C(F)(F)F)c1)c1ccc(Cn2ccnc2)cc1. The van der Waals surface area contributed by atoms with E-state index in [1.807, 2.05) is 10.8 Å². The van der Waals surface area contributed by atoms with E-state index in [1.54, 1.807) is 36.8 Å². The molecule has 0 saturated heterocycles. The Morgan fingerprint density at radius 1 is 1.12 bits per heavy atom. The van der Waals surface area contributed by atoms with Crippen LogP contribution in [0.3, 0.4) is 0 Å². The van der Waals surface area contributed by atoms with Gasteiger partial charge in [-0.2, -0.15) is 13.2 Å². The first-order valence-corrected chi connectivity index (χ1v) is 7.45. The molecule has 3 aromatic rings. The summed E-state index contributed by atoms with van der Waals surface area (Å²) < 4.78 is 40.0. The highest BCUT2D eigenvalue weighted by molar-refractivity contribution is 6.04. The number of amides is 1. The summed E-state index contributed by atoms with van der Waals surface area (Å²) in [5.41, 5.74) is 0.642. The molecule has 0 aliphatic rings. The van der Waals surface area contributed by atoms with Crippen molar-refractivity contribution in [3.63, 3.8) is 0 Å². The van der Waals surface area contributed by atoms with Crippen molar-refractivity contribution >= 4 is 11.6 Å². The molecular formula is C18H14F3N3O. The van der Waals surface area contributed by atoms with Gasteiger partial charge in [0.2, 0.25) is 0 Å². The van der Waals surface area contributed by atoms with Gasteiger partial charge in [-0.25, -0.2) is 4.98 Å². The Labute approximate surface area is 141 Å². The predicted molar refractivity (Wildman–Crippen MR) is 87.2 cm³/mol. The number of imidazole rings is 1. The van der Waals surface area contributed by atoms with E-state index in [0.717, 1.165) is 17.7 Å². The fourth-order valence-electron chi connectivity index (χ4n) is 2.33. The van der Waals surface area contributed by atoms with Gasteiger partial charge >= 0.3 is 6.18 Å². The monoisotopic (exact) mass is 345 g/mol. The Kier molecular flexibility index (Phi) is 4.56. The van der Waals surface area contributed by atoms with Gasteiger partial charge in [-0.3, -0.25) is 4.79 Å². The second kappa shape index (κ2) is 6.80. The lowest BCUT2D eigenvalue weighted by molar-refractivity contribution is -0.137. The number of alkyl halides is 3. The highest BCUT2D eigenvalue weighted by Gasteiger charge is 2.30. The van der Waals surface area contributed by atoms with Crippen molar-refractivity contribution in [3.8, 4) is 0 Å². The number of anilines is 1. The van der Waals surface area contributed by atoms with Gasteiger partial charge in [0.25, 0.3) is 5.91 Å². The maximum absolute atomic E-state index is 12.7. The standard InChI is InChI=1S/C18H14F3N3O/c19-18(20,21)15-2-1-3-16(10-15)23-17(25)14-6-4-13(5-7-14)11-24-9-8-22-12-24/h1-10,12H,11H2,(H,23,25). The smallest absolute Gasteiger partial charge is 0.333 e. The molecule has 2 aromatic carbocycles. The highest BCUT2D eigenvalue weighted by atomic mass is 19.4. The van der Waals surface area contributed by atoms with Crippen LogP contribution in [0.1, 0.15) is 21.5 Å². The van der Waals surface area contributed by atoms with Crippen molar-refractivity contribution in [3.05, 3.63) is 83.9 Å². The number of rotatable bonds is 4. The number of hydrogen-bond acceptors (Lipinski definition) is 2. The lowest BCUT2D eigenvalue weighted by atomic mass is 10.1. The van der Waals surface area contributed by atoms with Crippen molar-refractivity contribution in [2.24, 2.45) is 0 Å².